The summed E-state index contributed by atoms with van der Waals surface area (Å²) in [4.78, 5) is 9.47. The summed E-state index contributed by atoms with van der Waals surface area (Å²) in [6.45, 7) is -0.621. The molecule has 0 aromatic heterocycles. The minimum atomic E-state index is -1.21. The van der Waals surface area contributed by atoms with Crippen LogP contribution < -0.4 is 40.0 Å². The molecule has 0 heterocycles. The Labute approximate surface area is 105 Å². The molecule has 0 atom stereocenters. The van der Waals surface area contributed by atoms with Crippen molar-refractivity contribution in [2.75, 3.05) is 17.1 Å². The second-order valence-corrected chi connectivity index (χ2v) is 1.91. The largest absolute Gasteiger partial charge is 1.00 e. The third-order valence-electron chi connectivity index (χ3n) is 0.381. The Bertz CT molecular complexity index is 82.5. The van der Waals surface area contributed by atoms with Gasteiger partial charge < -0.3 is 15.0 Å². The SMILES string of the molecule is O=C([O-])CNCO.O[CH2][Na].[Na+]. The molecule has 3 N–H and O–H groups in total. The summed E-state index contributed by atoms with van der Waals surface area (Å²) in [7, 11) is 0. The molecule has 11 heavy (non-hydrogen) atoms. The van der Waals surface area contributed by atoms with E-state index in [1.807, 2.05) is 0 Å². The van der Waals surface area contributed by atoms with Crippen LogP contribution in [0.25, 0.3) is 0 Å². The monoisotopic (exact) mass is 181 g/mol. The number of aliphatic hydroxyl groups is 2. The molecule has 5 nitrogen and oxygen atoms in total. The number of carboxylic acids is 1. The van der Waals surface area contributed by atoms with Crippen LogP contribution in [-0.2, 0) is 4.79 Å². The van der Waals surface area contributed by atoms with Gasteiger partial charge in [0, 0.05) is 6.54 Å². The van der Waals surface area contributed by atoms with Crippen molar-refractivity contribution in [3.05, 3.63) is 0 Å². The molecule has 0 saturated heterocycles. The van der Waals surface area contributed by atoms with E-state index in [9.17, 15) is 9.90 Å². The number of aliphatic hydroxyl groups excluding tert-OH is 2. The van der Waals surface area contributed by atoms with Gasteiger partial charge in [0.25, 0.3) is 0 Å². The molecule has 0 aliphatic heterocycles. The van der Waals surface area contributed by atoms with Crippen LogP contribution in [-0.4, -0.2) is 61.2 Å². The first-order valence-electron chi connectivity index (χ1n) is 2.81. The first-order valence-corrected chi connectivity index (χ1v) is 4.22. The van der Waals surface area contributed by atoms with Crippen LogP contribution in [0.2, 0.25) is 0 Å². The molecule has 0 unspecified atom stereocenters. The second kappa shape index (κ2) is 17.4. The molecule has 0 aliphatic rings. The predicted molar refractivity (Wildman–Crippen MR) is 32.9 cm³/mol. The van der Waals surface area contributed by atoms with E-state index in [0.29, 0.717) is 3.86 Å². The predicted octanol–water partition coefficient (Wildman–Crippen LogP) is -6.62. The number of nitrogens with one attached hydrogen (secondary N) is 1. The zero-order valence-electron chi connectivity index (χ0n) is 6.83. The summed E-state index contributed by atoms with van der Waals surface area (Å²) in [5.74, 6) is -1.21. The Balaban J connectivity index is -0.000000140. The van der Waals surface area contributed by atoms with E-state index in [-0.39, 0.29) is 42.8 Å². The Morgan fingerprint density at radius 3 is 2.00 bits per heavy atom. The summed E-state index contributed by atoms with van der Waals surface area (Å²) in [6.07, 6.45) is 0. The molecule has 56 valence electrons. The Morgan fingerprint density at radius 2 is 1.91 bits per heavy atom. The van der Waals surface area contributed by atoms with Gasteiger partial charge in [-0.2, -0.15) is 0 Å². The minimum Gasteiger partial charge on any atom is 1.00 e. The van der Waals surface area contributed by atoms with Crippen molar-refractivity contribution >= 4 is 33.9 Å². The molecule has 0 rings (SSSR count). The van der Waals surface area contributed by atoms with Crippen molar-refractivity contribution in [3.63, 3.8) is 0 Å². The van der Waals surface area contributed by atoms with Gasteiger partial charge in [-0.05, 0) is 0 Å². The van der Waals surface area contributed by atoms with Crippen LogP contribution in [0, 0.1) is 0 Å². The molecule has 0 saturated carbocycles. The van der Waals surface area contributed by atoms with Gasteiger partial charge in [0.05, 0.1) is 12.7 Å². The molecule has 0 fully saturated rings. The van der Waals surface area contributed by atoms with Crippen molar-refractivity contribution in [3.8, 4) is 0 Å². The zero-order chi connectivity index (χ0) is 8.41. The minimum absolute atomic E-state index is 0. The molecular weight excluding hydrogens is 172 g/mol. The maximum absolute atomic E-state index is 9.47. The molecule has 7 heteroatoms. The summed E-state index contributed by atoms with van der Waals surface area (Å²) in [5.41, 5.74) is 0. The van der Waals surface area contributed by atoms with Gasteiger partial charge in [0.2, 0.25) is 0 Å². The third-order valence-corrected chi connectivity index (χ3v) is 0.381. The smallest absolute Gasteiger partial charge is 1.00 e. The first-order chi connectivity index (χ1) is 4.68. The van der Waals surface area contributed by atoms with Crippen LogP contribution in [0.5, 0.6) is 0 Å². The summed E-state index contributed by atoms with van der Waals surface area (Å²) < 4.78 is 0.389. The molecule has 0 bridgehead atoms. The maximum Gasteiger partial charge on any atom is 1.00 e. The van der Waals surface area contributed by atoms with Gasteiger partial charge in [0.1, 0.15) is 0 Å². The number of carboxylic acid groups (broad SMARTS) is 1. The maximum atomic E-state index is 9.47. The van der Waals surface area contributed by atoms with E-state index < -0.39 is 5.97 Å². The number of carbonyl (C=O) groups is 1. The number of hydrogen-bond acceptors (Lipinski definition) is 5. The third kappa shape index (κ3) is 34.7. The van der Waals surface area contributed by atoms with Crippen LogP contribution in [0.3, 0.4) is 0 Å². The van der Waals surface area contributed by atoms with Gasteiger partial charge in [0.15, 0.2) is 0 Å². The molecule has 0 radical (unpaired) electrons. The van der Waals surface area contributed by atoms with Crippen LogP contribution in [0.15, 0.2) is 0 Å². The van der Waals surface area contributed by atoms with Crippen LogP contribution >= 0.6 is 0 Å². The molecule has 0 aliphatic carbocycles. The van der Waals surface area contributed by atoms with Crippen molar-refractivity contribution in [2.45, 2.75) is 0 Å². The van der Waals surface area contributed by atoms with E-state index in [1.165, 1.54) is 0 Å². The van der Waals surface area contributed by atoms with E-state index in [1.54, 1.807) is 0 Å². The fraction of sp³-hybridized carbons (Fsp3) is 0.750. The number of hydrogen-bond donors (Lipinski definition) is 3. The van der Waals surface area contributed by atoms with Crippen LogP contribution in [0.1, 0.15) is 0 Å². The molecule has 0 aromatic rings. The summed E-state index contributed by atoms with van der Waals surface area (Å²) >= 11 is 0.924. The van der Waals surface area contributed by atoms with Gasteiger partial charge in [-0.15, -0.1) is 0 Å². The molecule has 0 amide bonds. The molecule has 0 aromatic carbocycles. The van der Waals surface area contributed by atoms with E-state index in [0.717, 1.165) is 27.9 Å². The van der Waals surface area contributed by atoms with Gasteiger partial charge in [-0.25, -0.2) is 0 Å². The van der Waals surface area contributed by atoms with Gasteiger partial charge >= 0.3 is 66.5 Å². The fourth-order valence-corrected chi connectivity index (χ4v) is 0.158. The first kappa shape index (κ1) is 18.2. The Kier molecular flexibility index (Phi) is 28.9. The topological polar surface area (TPSA) is 92.6 Å². The quantitative estimate of drug-likeness (QED) is 0.297. The van der Waals surface area contributed by atoms with E-state index in [4.69, 9.17) is 10.2 Å². The van der Waals surface area contributed by atoms with Crippen LogP contribution in [0.4, 0.5) is 0 Å². The summed E-state index contributed by atoms with van der Waals surface area (Å²) in [5, 5.41) is 27.2. The normalized spacial score (nSPS) is 7.27. The number of carbonyl (C=O) groups excluding carboxylic acids is 1. The van der Waals surface area contributed by atoms with E-state index in [2.05, 4.69) is 5.32 Å². The van der Waals surface area contributed by atoms with Crippen molar-refractivity contribution in [1.29, 1.82) is 0 Å². The molecular formula is C4H9NNa2O4. The second-order valence-electron chi connectivity index (χ2n) is 1.27. The Morgan fingerprint density at radius 1 is 1.55 bits per heavy atom. The average Bonchev–Trinajstić information content (AvgIpc) is 1.85. The van der Waals surface area contributed by atoms with Crippen molar-refractivity contribution < 1.29 is 49.7 Å². The summed E-state index contributed by atoms with van der Waals surface area (Å²) in [6, 6.07) is 0. The standard InChI is InChI=1S/C3H7NO3.CH3O.2Na/c5-2-4-1-3(6)7;1-2;;/h4-5H,1-2H2,(H,6,7);2H,1H2;;/q;;;+1/p-1. The fourth-order valence-electron chi connectivity index (χ4n) is 0.158. The van der Waals surface area contributed by atoms with Crippen molar-refractivity contribution in [2.24, 2.45) is 0 Å². The van der Waals surface area contributed by atoms with Gasteiger partial charge in [-0.3, -0.25) is 5.32 Å². The average molecular weight is 181 g/mol. The van der Waals surface area contributed by atoms with Crippen molar-refractivity contribution in [1.82, 2.24) is 5.32 Å². The van der Waals surface area contributed by atoms with Gasteiger partial charge in [-0.1, -0.05) is 0 Å². The zero-order valence-corrected chi connectivity index (χ0v) is 10.8. The Hall–Kier alpha value is 1.35. The number of rotatable bonds is 3. The van der Waals surface area contributed by atoms with E-state index >= 15 is 0 Å². The number of aliphatic carboxylic acids is 1. The molecule has 0 spiro atoms.